The van der Waals surface area contributed by atoms with Crippen LogP contribution in [0.15, 0.2) is 54.6 Å². The molecule has 142 valence electrons. The van der Waals surface area contributed by atoms with Crippen LogP contribution in [-0.4, -0.2) is 42.4 Å². The van der Waals surface area contributed by atoms with E-state index in [1.165, 1.54) is 6.07 Å². The van der Waals surface area contributed by atoms with Gasteiger partial charge in [0.1, 0.15) is 5.82 Å². The van der Waals surface area contributed by atoms with Crippen LogP contribution in [0.3, 0.4) is 0 Å². The van der Waals surface area contributed by atoms with Crippen LogP contribution in [0.5, 0.6) is 0 Å². The Morgan fingerprint density at radius 2 is 1.63 bits per heavy atom. The molecule has 6 heteroatoms. The average Bonchev–Trinajstić information content (AvgIpc) is 2.66. The SMILES string of the molecule is O=C(CN1CCC(NC(=O)Cc2ccccc2F)CC1)Nc1ccccc1. The molecule has 0 atom stereocenters. The third-order valence-corrected chi connectivity index (χ3v) is 4.69. The Kier molecular flexibility index (Phi) is 6.54. The molecule has 1 fully saturated rings. The Bertz CT molecular complexity index is 774. The lowest BCUT2D eigenvalue weighted by molar-refractivity contribution is -0.122. The zero-order valence-corrected chi connectivity index (χ0v) is 15.2. The number of anilines is 1. The van der Waals surface area contributed by atoms with E-state index >= 15 is 0 Å². The summed E-state index contributed by atoms with van der Waals surface area (Å²) in [4.78, 5) is 26.3. The van der Waals surface area contributed by atoms with Crippen LogP contribution in [0.2, 0.25) is 0 Å². The summed E-state index contributed by atoms with van der Waals surface area (Å²) in [7, 11) is 0. The summed E-state index contributed by atoms with van der Waals surface area (Å²) in [6, 6.07) is 15.8. The number of para-hydroxylation sites is 1. The predicted molar refractivity (Wildman–Crippen MR) is 103 cm³/mol. The Morgan fingerprint density at radius 1 is 0.963 bits per heavy atom. The van der Waals surface area contributed by atoms with Gasteiger partial charge in [0.05, 0.1) is 13.0 Å². The van der Waals surface area contributed by atoms with E-state index in [1.807, 2.05) is 30.3 Å². The van der Waals surface area contributed by atoms with E-state index in [4.69, 9.17) is 0 Å². The molecule has 0 bridgehead atoms. The van der Waals surface area contributed by atoms with Gasteiger partial charge < -0.3 is 10.6 Å². The van der Waals surface area contributed by atoms with Crippen LogP contribution >= 0.6 is 0 Å². The van der Waals surface area contributed by atoms with Crippen LogP contribution in [-0.2, 0) is 16.0 Å². The van der Waals surface area contributed by atoms with E-state index in [9.17, 15) is 14.0 Å². The fraction of sp³-hybridized carbons (Fsp3) is 0.333. The van der Waals surface area contributed by atoms with E-state index in [-0.39, 0.29) is 30.1 Å². The molecule has 0 saturated carbocycles. The lowest BCUT2D eigenvalue weighted by Crippen LogP contribution is -2.46. The number of nitrogens with one attached hydrogen (secondary N) is 2. The first-order valence-corrected chi connectivity index (χ1v) is 9.20. The molecule has 0 aliphatic carbocycles. The van der Waals surface area contributed by atoms with Gasteiger partial charge >= 0.3 is 0 Å². The fourth-order valence-electron chi connectivity index (χ4n) is 3.25. The van der Waals surface area contributed by atoms with Crippen molar-refractivity contribution in [1.29, 1.82) is 0 Å². The lowest BCUT2D eigenvalue weighted by Gasteiger charge is -2.31. The molecule has 0 spiro atoms. The maximum atomic E-state index is 13.6. The van der Waals surface area contributed by atoms with Crippen LogP contribution in [0.1, 0.15) is 18.4 Å². The van der Waals surface area contributed by atoms with E-state index in [1.54, 1.807) is 18.2 Å². The molecule has 1 saturated heterocycles. The van der Waals surface area contributed by atoms with Gasteiger partial charge in [-0.15, -0.1) is 0 Å². The Balaban J connectivity index is 1.39. The van der Waals surface area contributed by atoms with Crippen molar-refractivity contribution in [1.82, 2.24) is 10.2 Å². The third kappa shape index (κ3) is 5.89. The minimum Gasteiger partial charge on any atom is -0.353 e. The van der Waals surface area contributed by atoms with Gasteiger partial charge in [0.25, 0.3) is 0 Å². The standard InChI is InChI=1S/C21H24FN3O2/c22-19-9-5-4-6-16(19)14-20(26)23-18-10-12-25(13-11-18)15-21(27)24-17-7-2-1-3-8-17/h1-9,18H,10-15H2,(H,23,26)(H,24,27). The molecule has 27 heavy (non-hydrogen) atoms. The Morgan fingerprint density at radius 3 is 2.33 bits per heavy atom. The van der Waals surface area contributed by atoms with Gasteiger partial charge in [-0.05, 0) is 36.6 Å². The van der Waals surface area contributed by atoms with Crippen LogP contribution in [0.25, 0.3) is 0 Å². The highest BCUT2D eigenvalue weighted by Crippen LogP contribution is 2.12. The van der Waals surface area contributed by atoms with Gasteiger partial charge in [-0.1, -0.05) is 36.4 Å². The van der Waals surface area contributed by atoms with Crippen molar-refractivity contribution in [2.75, 3.05) is 25.0 Å². The summed E-state index contributed by atoms with van der Waals surface area (Å²) in [6.45, 7) is 1.82. The van der Waals surface area contributed by atoms with E-state index in [0.717, 1.165) is 31.6 Å². The number of hydrogen-bond donors (Lipinski definition) is 2. The van der Waals surface area contributed by atoms with Crippen molar-refractivity contribution >= 4 is 17.5 Å². The molecule has 3 rings (SSSR count). The number of carbonyl (C=O) groups is 2. The number of carbonyl (C=O) groups excluding carboxylic acids is 2. The summed E-state index contributed by atoms with van der Waals surface area (Å²) < 4.78 is 13.6. The molecule has 5 nitrogen and oxygen atoms in total. The molecule has 0 radical (unpaired) electrons. The molecule has 2 aromatic carbocycles. The van der Waals surface area contributed by atoms with Gasteiger partial charge in [0.15, 0.2) is 0 Å². The summed E-state index contributed by atoms with van der Waals surface area (Å²) in [5.74, 6) is -0.560. The van der Waals surface area contributed by atoms with Gasteiger partial charge in [-0.3, -0.25) is 14.5 Å². The number of nitrogens with zero attached hydrogens (tertiary/aromatic N) is 1. The Hall–Kier alpha value is -2.73. The van der Waals surface area contributed by atoms with Gasteiger partial charge in [0, 0.05) is 24.8 Å². The molecule has 2 N–H and O–H groups in total. The number of halogens is 1. The Labute approximate surface area is 158 Å². The number of amides is 2. The lowest BCUT2D eigenvalue weighted by atomic mass is 10.0. The summed E-state index contributed by atoms with van der Waals surface area (Å²) in [5, 5.41) is 5.85. The van der Waals surface area contributed by atoms with Crippen LogP contribution < -0.4 is 10.6 Å². The number of benzene rings is 2. The first-order chi connectivity index (χ1) is 13.1. The van der Waals surface area contributed by atoms with Gasteiger partial charge in [-0.2, -0.15) is 0 Å². The second kappa shape index (κ2) is 9.28. The van der Waals surface area contributed by atoms with Crippen LogP contribution in [0.4, 0.5) is 10.1 Å². The molecule has 2 aromatic rings. The number of piperidine rings is 1. The quantitative estimate of drug-likeness (QED) is 0.823. The molecular weight excluding hydrogens is 345 g/mol. The topological polar surface area (TPSA) is 61.4 Å². The van der Waals surface area contributed by atoms with E-state index in [2.05, 4.69) is 15.5 Å². The van der Waals surface area contributed by atoms with E-state index in [0.29, 0.717) is 12.1 Å². The highest BCUT2D eigenvalue weighted by Gasteiger charge is 2.22. The largest absolute Gasteiger partial charge is 0.353 e. The molecule has 2 amide bonds. The van der Waals surface area contributed by atoms with Gasteiger partial charge in [0.2, 0.25) is 11.8 Å². The summed E-state index contributed by atoms with van der Waals surface area (Å²) in [6.07, 6.45) is 1.61. The second-order valence-corrected chi connectivity index (χ2v) is 6.80. The molecule has 1 heterocycles. The van der Waals surface area contributed by atoms with Gasteiger partial charge in [-0.25, -0.2) is 4.39 Å². The van der Waals surface area contributed by atoms with Crippen molar-refractivity contribution in [2.24, 2.45) is 0 Å². The average molecular weight is 369 g/mol. The highest BCUT2D eigenvalue weighted by molar-refractivity contribution is 5.92. The molecular formula is C21H24FN3O2. The van der Waals surface area contributed by atoms with Crippen molar-refractivity contribution in [3.63, 3.8) is 0 Å². The smallest absolute Gasteiger partial charge is 0.238 e. The van der Waals surface area contributed by atoms with Crippen LogP contribution in [0, 0.1) is 5.82 Å². The summed E-state index contributed by atoms with van der Waals surface area (Å²) >= 11 is 0. The van der Waals surface area contributed by atoms with Crippen molar-refractivity contribution in [2.45, 2.75) is 25.3 Å². The number of rotatable bonds is 6. The van der Waals surface area contributed by atoms with Crippen molar-refractivity contribution in [3.8, 4) is 0 Å². The normalized spacial score (nSPS) is 15.3. The number of hydrogen-bond acceptors (Lipinski definition) is 3. The second-order valence-electron chi connectivity index (χ2n) is 6.80. The first kappa shape index (κ1) is 19.0. The first-order valence-electron chi connectivity index (χ1n) is 9.20. The highest BCUT2D eigenvalue weighted by atomic mass is 19.1. The van der Waals surface area contributed by atoms with Crippen molar-refractivity contribution in [3.05, 3.63) is 66.0 Å². The number of likely N-dealkylation sites (tertiary alicyclic amines) is 1. The minimum atomic E-state index is -0.355. The maximum absolute atomic E-state index is 13.6. The third-order valence-electron chi connectivity index (χ3n) is 4.69. The van der Waals surface area contributed by atoms with Crippen molar-refractivity contribution < 1.29 is 14.0 Å². The monoisotopic (exact) mass is 369 g/mol. The molecule has 0 unspecified atom stereocenters. The molecule has 1 aliphatic rings. The fourth-order valence-corrected chi connectivity index (χ4v) is 3.25. The van der Waals surface area contributed by atoms with E-state index < -0.39 is 0 Å². The minimum absolute atomic E-state index is 0.0387. The molecule has 1 aliphatic heterocycles. The summed E-state index contributed by atoms with van der Waals surface area (Å²) in [5.41, 5.74) is 1.20. The zero-order valence-electron chi connectivity index (χ0n) is 15.2. The maximum Gasteiger partial charge on any atom is 0.238 e. The molecule has 0 aromatic heterocycles. The zero-order chi connectivity index (χ0) is 19.1. The predicted octanol–water partition coefficient (Wildman–Crippen LogP) is 2.59.